The number of likely N-dealkylation sites (tertiary alicyclic amines) is 1. The van der Waals surface area contributed by atoms with E-state index in [4.69, 9.17) is 4.42 Å². The molecule has 1 aromatic heterocycles. The quantitative estimate of drug-likeness (QED) is 0.884. The Kier molecular flexibility index (Phi) is 4.90. The van der Waals surface area contributed by atoms with Crippen molar-refractivity contribution in [1.82, 2.24) is 15.2 Å². The molecule has 1 N–H and O–H groups in total. The van der Waals surface area contributed by atoms with Crippen molar-refractivity contribution in [2.45, 2.75) is 39.5 Å². The monoisotopic (exact) mass is 329 g/mol. The molecule has 0 saturated carbocycles. The highest BCUT2D eigenvalue weighted by Crippen LogP contribution is 2.28. The Morgan fingerprint density at radius 3 is 3.00 bits per heavy atom. The van der Waals surface area contributed by atoms with E-state index in [9.17, 15) is 4.79 Å². The number of fused-ring (bicyclic) bond motifs is 1. The predicted molar refractivity (Wildman–Crippen MR) is 95.2 cm³/mol. The Hall–Kier alpha value is -1.88. The van der Waals surface area contributed by atoms with Crippen molar-refractivity contribution in [3.8, 4) is 0 Å². The smallest absolute Gasteiger partial charge is 0.251 e. The van der Waals surface area contributed by atoms with Crippen molar-refractivity contribution < 1.29 is 9.21 Å². The number of aryl methyl sites for hydroxylation is 1. The van der Waals surface area contributed by atoms with Gasteiger partial charge in [0.15, 0.2) is 11.5 Å². The molecule has 1 atom stereocenters. The Morgan fingerprint density at radius 1 is 1.46 bits per heavy atom. The summed E-state index contributed by atoms with van der Waals surface area (Å²) in [6.07, 6.45) is 4.14. The summed E-state index contributed by atoms with van der Waals surface area (Å²) in [5, 5.41) is 3.08. The van der Waals surface area contributed by atoms with Crippen LogP contribution < -0.4 is 5.32 Å². The second-order valence-electron chi connectivity index (χ2n) is 7.37. The lowest BCUT2D eigenvalue weighted by Crippen LogP contribution is -2.37. The molecular formula is C19H27N3O2. The fraction of sp³-hybridized carbons (Fsp3) is 0.579. The molecule has 3 rings (SSSR count). The summed E-state index contributed by atoms with van der Waals surface area (Å²) in [5.41, 5.74) is 2.32. The lowest BCUT2D eigenvalue weighted by Gasteiger charge is -2.24. The minimum atomic E-state index is -0.0363. The highest BCUT2D eigenvalue weighted by atomic mass is 16.3. The molecule has 0 radical (unpaired) electrons. The second-order valence-corrected chi connectivity index (χ2v) is 7.37. The van der Waals surface area contributed by atoms with Gasteiger partial charge in [-0.3, -0.25) is 4.79 Å². The highest BCUT2D eigenvalue weighted by Gasteiger charge is 2.32. The van der Waals surface area contributed by atoms with Crippen LogP contribution in [0.1, 0.15) is 49.4 Å². The maximum absolute atomic E-state index is 12.5. The number of amides is 1. The topological polar surface area (TPSA) is 58.4 Å². The molecule has 24 heavy (non-hydrogen) atoms. The fourth-order valence-corrected chi connectivity index (χ4v) is 3.36. The number of carbonyl (C=O) groups excluding carboxylic acids is 1. The normalized spacial score (nSPS) is 21.5. The van der Waals surface area contributed by atoms with E-state index in [0.717, 1.165) is 55.8 Å². The summed E-state index contributed by atoms with van der Waals surface area (Å²) >= 11 is 0. The maximum atomic E-state index is 12.5. The molecule has 2 aromatic rings. The van der Waals surface area contributed by atoms with Gasteiger partial charge < -0.3 is 14.6 Å². The molecule has 1 fully saturated rings. The third kappa shape index (κ3) is 3.78. The Balaban J connectivity index is 1.66. The van der Waals surface area contributed by atoms with Gasteiger partial charge in [-0.05, 0) is 50.0 Å². The molecule has 1 unspecified atom stereocenters. The number of nitrogens with zero attached hydrogens (tertiary/aromatic N) is 2. The molecule has 0 spiro atoms. The molecule has 1 aliphatic heterocycles. The summed E-state index contributed by atoms with van der Waals surface area (Å²) in [5.74, 6) is 0.719. The zero-order valence-electron chi connectivity index (χ0n) is 14.9. The van der Waals surface area contributed by atoms with Crippen molar-refractivity contribution in [3.05, 3.63) is 29.7 Å². The number of carbonyl (C=O) groups is 1. The summed E-state index contributed by atoms with van der Waals surface area (Å²) in [6, 6.07) is 5.49. The van der Waals surface area contributed by atoms with E-state index in [2.05, 4.69) is 36.1 Å². The number of benzene rings is 1. The van der Waals surface area contributed by atoms with Gasteiger partial charge in [0, 0.05) is 25.1 Å². The van der Waals surface area contributed by atoms with Crippen molar-refractivity contribution in [1.29, 1.82) is 0 Å². The van der Waals surface area contributed by atoms with E-state index >= 15 is 0 Å². The third-order valence-electron chi connectivity index (χ3n) is 4.86. The number of hydrogen-bond acceptors (Lipinski definition) is 4. The lowest BCUT2D eigenvalue weighted by atomic mass is 9.90. The van der Waals surface area contributed by atoms with Crippen LogP contribution in [-0.2, 0) is 6.42 Å². The number of hydrogen-bond donors (Lipinski definition) is 1. The van der Waals surface area contributed by atoms with Crippen LogP contribution >= 0.6 is 0 Å². The van der Waals surface area contributed by atoms with E-state index in [1.807, 2.05) is 18.2 Å². The number of rotatable bonds is 6. The first-order valence-corrected chi connectivity index (χ1v) is 8.85. The summed E-state index contributed by atoms with van der Waals surface area (Å²) < 4.78 is 5.73. The van der Waals surface area contributed by atoms with Gasteiger partial charge in [-0.25, -0.2) is 4.98 Å². The van der Waals surface area contributed by atoms with Gasteiger partial charge in [0.1, 0.15) is 5.52 Å². The second kappa shape index (κ2) is 6.93. The molecule has 5 nitrogen and oxygen atoms in total. The fourth-order valence-electron chi connectivity index (χ4n) is 3.36. The molecule has 1 amide bonds. The number of unbranched alkanes of at least 4 members (excludes halogenated alkanes) is 1. The summed E-state index contributed by atoms with van der Waals surface area (Å²) in [7, 11) is 2.13. The van der Waals surface area contributed by atoms with Gasteiger partial charge >= 0.3 is 0 Å². The number of oxazole rings is 1. The van der Waals surface area contributed by atoms with Crippen LogP contribution in [0.25, 0.3) is 11.1 Å². The molecule has 0 bridgehead atoms. The Labute approximate surface area is 143 Å². The molecule has 2 heterocycles. The zero-order valence-corrected chi connectivity index (χ0v) is 14.9. The van der Waals surface area contributed by atoms with Crippen molar-refractivity contribution in [2.24, 2.45) is 5.41 Å². The average Bonchev–Trinajstić information content (AvgIpc) is 3.13. The Morgan fingerprint density at radius 2 is 2.29 bits per heavy atom. The van der Waals surface area contributed by atoms with E-state index in [1.165, 1.54) is 0 Å². The van der Waals surface area contributed by atoms with E-state index in [0.29, 0.717) is 12.1 Å². The van der Waals surface area contributed by atoms with Gasteiger partial charge in [-0.15, -0.1) is 0 Å². The van der Waals surface area contributed by atoms with Gasteiger partial charge in [0.25, 0.3) is 5.91 Å². The summed E-state index contributed by atoms with van der Waals surface area (Å²) in [4.78, 5) is 19.3. The average molecular weight is 329 g/mol. The molecule has 1 aliphatic rings. The van der Waals surface area contributed by atoms with Crippen LogP contribution in [0.2, 0.25) is 0 Å². The van der Waals surface area contributed by atoms with Crippen LogP contribution in [0.3, 0.4) is 0 Å². The van der Waals surface area contributed by atoms with Crippen molar-refractivity contribution in [3.63, 3.8) is 0 Å². The third-order valence-corrected chi connectivity index (χ3v) is 4.86. The Bertz CT molecular complexity index is 724. The standard InChI is InChI=1S/C19H27N3O2/c1-4-5-6-17-21-15-11-14(7-8-16(15)24-17)18(23)20-12-19(2)9-10-22(3)13-19/h7-8,11H,4-6,9-10,12-13H2,1-3H3,(H,20,23). The van der Waals surface area contributed by atoms with E-state index in [1.54, 1.807) is 0 Å². The SMILES string of the molecule is CCCCc1nc2cc(C(=O)NCC3(C)CCN(C)C3)ccc2o1. The molecule has 1 saturated heterocycles. The molecular weight excluding hydrogens is 302 g/mol. The maximum Gasteiger partial charge on any atom is 0.251 e. The van der Waals surface area contributed by atoms with Gasteiger partial charge in [-0.2, -0.15) is 0 Å². The van der Waals surface area contributed by atoms with Gasteiger partial charge in [0.05, 0.1) is 0 Å². The predicted octanol–water partition coefficient (Wildman–Crippen LogP) is 3.24. The lowest BCUT2D eigenvalue weighted by molar-refractivity contribution is 0.0935. The van der Waals surface area contributed by atoms with E-state index < -0.39 is 0 Å². The largest absolute Gasteiger partial charge is 0.441 e. The first-order valence-electron chi connectivity index (χ1n) is 8.85. The number of aromatic nitrogens is 1. The molecule has 1 aromatic carbocycles. The minimum Gasteiger partial charge on any atom is -0.441 e. The van der Waals surface area contributed by atoms with E-state index in [-0.39, 0.29) is 11.3 Å². The van der Waals surface area contributed by atoms with Crippen LogP contribution in [0.5, 0.6) is 0 Å². The van der Waals surface area contributed by atoms with Crippen LogP contribution in [0.15, 0.2) is 22.6 Å². The first-order chi connectivity index (χ1) is 11.5. The zero-order chi connectivity index (χ0) is 17.2. The van der Waals surface area contributed by atoms with Crippen LogP contribution in [-0.4, -0.2) is 42.5 Å². The molecule has 130 valence electrons. The highest BCUT2D eigenvalue weighted by molar-refractivity contribution is 5.97. The van der Waals surface area contributed by atoms with Crippen molar-refractivity contribution in [2.75, 3.05) is 26.7 Å². The van der Waals surface area contributed by atoms with Gasteiger partial charge in [-0.1, -0.05) is 20.3 Å². The van der Waals surface area contributed by atoms with Crippen molar-refractivity contribution >= 4 is 17.0 Å². The van der Waals surface area contributed by atoms with Crippen LogP contribution in [0, 0.1) is 5.41 Å². The minimum absolute atomic E-state index is 0.0363. The summed E-state index contributed by atoms with van der Waals surface area (Å²) in [6.45, 7) is 7.20. The molecule has 5 heteroatoms. The van der Waals surface area contributed by atoms with Crippen LogP contribution in [0.4, 0.5) is 0 Å². The number of nitrogens with one attached hydrogen (secondary N) is 1. The first kappa shape index (κ1) is 17.0. The molecule has 0 aliphatic carbocycles. The van der Waals surface area contributed by atoms with Gasteiger partial charge in [0.2, 0.25) is 0 Å².